The van der Waals surface area contributed by atoms with Crippen LogP contribution in [0.15, 0.2) is 42.5 Å². The molecule has 0 bridgehead atoms. The third-order valence-corrected chi connectivity index (χ3v) is 4.99. The molecule has 0 unspecified atom stereocenters. The van der Waals surface area contributed by atoms with Crippen molar-refractivity contribution in [2.45, 2.75) is 13.5 Å². The number of nitrogens with one attached hydrogen (secondary N) is 1. The Morgan fingerprint density at radius 1 is 0.964 bits per heavy atom. The number of aryl methyl sites for hydroxylation is 1. The molecule has 3 rings (SSSR count). The predicted octanol–water partition coefficient (Wildman–Crippen LogP) is 2.77. The summed E-state index contributed by atoms with van der Waals surface area (Å²) in [5.74, 6) is 1.54. The van der Waals surface area contributed by atoms with Gasteiger partial charge in [0.25, 0.3) is 0 Å². The second-order valence-electron chi connectivity index (χ2n) is 7.16. The van der Waals surface area contributed by atoms with Crippen molar-refractivity contribution in [3.8, 4) is 11.5 Å². The van der Waals surface area contributed by atoms with Crippen LogP contribution in [0.2, 0.25) is 0 Å². The number of rotatable bonds is 7. The molecule has 1 aliphatic heterocycles. The van der Waals surface area contributed by atoms with E-state index in [-0.39, 0.29) is 5.91 Å². The monoisotopic (exact) mass is 383 g/mol. The maximum atomic E-state index is 12.3. The van der Waals surface area contributed by atoms with Crippen molar-refractivity contribution in [2.24, 2.45) is 0 Å². The van der Waals surface area contributed by atoms with E-state index in [9.17, 15) is 4.79 Å². The number of amides is 1. The van der Waals surface area contributed by atoms with Gasteiger partial charge in [-0.2, -0.15) is 0 Å². The Kier molecular flexibility index (Phi) is 6.90. The van der Waals surface area contributed by atoms with E-state index < -0.39 is 0 Å². The highest BCUT2D eigenvalue weighted by atomic mass is 16.5. The van der Waals surface area contributed by atoms with E-state index in [4.69, 9.17) is 9.47 Å². The van der Waals surface area contributed by atoms with Crippen LogP contribution in [-0.4, -0.2) is 62.7 Å². The minimum atomic E-state index is 0.0407. The molecule has 150 valence electrons. The van der Waals surface area contributed by atoms with Crippen LogP contribution in [-0.2, 0) is 11.3 Å². The molecule has 0 saturated carbocycles. The summed E-state index contributed by atoms with van der Waals surface area (Å²) in [4.78, 5) is 16.9. The molecule has 1 aliphatic rings. The maximum Gasteiger partial charge on any atom is 0.238 e. The molecule has 1 fully saturated rings. The summed E-state index contributed by atoms with van der Waals surface area (Å²) in [5.41, 5.74) is 3.20. The number of methoxy groups -OCH3 is 2. The molecule has 0 spiro atoms. The molecule has 2 aromatic carbocycles. The fraction of sp³-hybridized carbons (Fsp3) is 0.409. The van der Waals surface area contributed by atoms with E-state index in [0.717, 1.165) is 55.5 Å². The van der Waals surface area contributed by atoms with Crippen molar-refractivity contribution in [2.75, 3.05) is 52.3 Å². The number of hydrogen-bond acceptors (Lipinski definition) is 5. The number of ether oxygens (including phenoxy) is 2. The van der Waals surface area contributed by atoms with Gasteiger partial charge in [-0.15, -0.1) is 0 Å². The zero-order valence-corrected chi connectivity index (χ0v) is 16.9. The summed E-state index contributed by atoms with van der Waals surface area (Å²) >= 11 is 0. The van der Waals surface area contributed by atoms with Crippen molar-refractivity contribution in [3.05, 3.63) is 53.6 Å². The molecule has 1 saturated heterocycles. The van der Waals surface area contributed by atoms with E-state index in [1.165, 1.54) is 5.56 Å². The van der Waals surface area contributed by atoms with Gasteiger partial charge >= 0.3 is 0 Å². The number of benzene rings is 2. The van der Waals surface area contributed by atoms with Crippen LogP contribution >= 0.6 is 0 Å². The summed E-state index contributed by atoms with van der Waals surface area (Å²) in [5, 5.41) is 2.98. The van der Waals surface area contributed by atoms with Gasteiger partial charge in [-0.25, -0.2) is 0 Å². The highest BCUT2D eigenvalue weighted by Crippen LogP contribution is 2.28. The van der Waals surface area contributed by atoms with Crippen LogP contribution < -0.4 is 14.8 Å². The number of carbonyl (C=O) groups excluding carboxylic acids is 1. The van der Waals surface area contributed by atoms with Crippen molar-refractivity contribution < 1.29 is 14.3 Å². The van der Waals surface area contributed by atoms with Crippen molar-refractivity contribution >= 4 is 11.6 Å². The predicted molar refractivity (Wildman–Crippen MR) is 111 cm³/mol. The van der Waals surface area contributed by atoms with Gasteiger partial charge in [-0.3, -0.25) is 14.6 Å². The second kappa shape index (κ2) is 9.57. The Balaban J connectivity index is 1.46. The minimum Gasteiger partial charge on any atom is -0.493 e. The van der Waals surface area contributed by atoms with Crippen molar-refractivity contribution in [3.63, 3.8) is 0 Å². The van der Waals surface area contributed by atoms with Crippen LogP contribution in [0.4, 0.5) is 5.69 Å². The lowest BCUT2D eigenvalue weighted by atomic mass is 10.1. The van der Waals surface area contributed by atoms with Gasteiger partial charge in [-0.05, 0) is 42.3 Å². The number of hydrogen-bond donors (Lipinski definition) is 1. The molecule has 0 radical (unpaired) electrons. The molecule has 2 aromatic rings. The van der Waals surface area contributed by atoms with Crippen LogP contribution in [0, 0.1) is 6.92 Å². The van der Waals surface area contributed by atoms with Gasteiger partial charge in [-0.1, -0.05) is 18.2 Å². The maximum absolute atomic E-state index is 12.3. The van der Waals surface area contributed by atoms with Gasteiger partial charge < -0.3 is 14.8 Å². The number of anilines is 1. The molecular weight excluding hydrogens is 354 g/mol. The number of carbonyl (C=O) groups is 1. The van der Waals surface area contributed by atoms with Gasteiger partial charge in [0.05, 0.1) is 20.8 Å². The van der Waals surface area contributed by atoms with Gasteiger partial charge in [0, 0.05) is 38.4 Å². The van der Waals surface area contributed by atoms with Crippen LogP contribution in [0.1, 0.15) is 11.1 Å². The van der Waals surface area contributed by atoms with E-state index in [1.807, 2.05) is 43.3 Å². The Morgan fingerprint density at radius 3 is 2.36 bits per heavy atom. The Labute approximate surface area is 167 Å². The zero-order valence-electron chi connectivity index (χ0n) is 16.9. The van der Waals surface area contributed by atoms with E-state index in [2.05, 4.69) is 21.2 Å². The first kappa shape index (κ1) is 20.2. The van der Waals surface area contributed by atoms with E-state index in [0.29, 0.717) is 6.54 Å². The Hall–Kier alpha value is -2.57. The molecule has 1 N–H and O–H groups in total. The van der Waals surface area contributed by atoms with Gasteiger partial charge in [0.2, 0.25) is 5.91 Å². The summed E-state index contributed by atoms with van der Waals surface area (Å²) in [6.45, 7) is 6.95. The third kappa shape index (κ3) is 5.47. The second-order valence-corrected chi connectivity index (χ2v) is 7.16. The standard InChI is InChI=1S/C22H29N3O3/c1-17-5-4-6-19(13-17)23-22(26)16-25-11-9-24(10-12-25)15-18-7-8-20(27-2)21(14-18)28-3/h4-8,13-14H,9-12,15-16H2,1-3H3,(H,23,26). The molecule has 28 heavy (non-hydrogen) atoms. The zero-order chi connectivity index (χ0) is 19.9. The number of piperazine rings is 1. The van der Waals surface area contributed by atoms with E-state index >= 15 is 0 Å². The van der Waals surface area contributed by atoms with Gasteiger partial charge in [0.15, 0.2) is 11.5 Å². The van der Waals surface area contributed by atoms with Crippen LogP contribution in [0.25, 0.3) is 0 Å². The summed E-state index contributed by atoms with van der Waals surface area (Å²) in [6, 6.07) is 13.9. The van der Waals surface area contributed by atoms with Crippen LogP contribution in [0.3, 0.4) is 0 Å². The first-order chi connectivity index (χ1) is 13.6. The smallest absolute Gasteiger partial charge is 0.238 e. The van der Waals surface area contributed by atoms with Gasteiger partial charge in [0.1, 0.15) is 0 Å². The number of nitrogens with zero attached hydrogens (tertiary/aromatic N) is 2. The molecular formula is C22H29N3O3. The molecule has 1 heterocycles. The lowest BCUT2D eigenvalue weighted by Gasteiger charge is -2.34. The first-order valence-electron chi connectivity index (χ1n) is 9.59. The molecule has 0 aromatic heterocycles. The van der Waals surface area contributed by atoms with Crippen molar-refractivity contribution in [1.29, 1.82) is 0 Å². The molecule has 0 aliphatic carbocycles. The molecule has 6 nitrogen and oxygen atoms in total. The average molecular weight is 383 g/mol. The highest BCUT2D eigenvalue weighted by molar-refractivity contribution is 5.92. The fourth-order valence-electron chi connectivity index (χ4n) is 3.47. The lowest BCUT2D eigenvalue weighted by Crippen LogP contribution is -2.48. The SMILES string of the molecule is COc1ccc(CN2CCN(CC(=O)Nc3cccc(C)c3)CC2)cc1OC. The van der Waals surface area contributed by atoms with Crippen molar-refractivity contribution in [1.82, 2.24) is 9.80 Å². The highest BCUT2D eigenvalue weighted by Gasteiger charge is 2.19. The third-order valence-electron chi connectivity index (χ3n) is 4.99. The molecule has 1 amide bonds. The Bertz CT molecular complexity index is 801. The quantitative estimate of drug-likeness (QED) is 0.797. The summed E-state index contributed by atoms with van der Waals surface area (Å²) < 4.78 is 10.7. The molecule has 0 atom stereocenters. The normalized spacial score (nSPS) is 15.2. The topological polar surface area (TPSA) is 54.0 Å². The summed E-state index contributed by atoms with van der Waals surface area (Å²) in [6.07, 6.45) is 0. The first-order valence-corrected chi connectivity index (χ1v) is 9.59. The summed E-state index contributed by atoms with van der Waals surface area (Å²) in [7, 11) is 3.30. The Morgan fingerprint density at radius 2 is 1.68 bits per heavy atom. The largest absolute Gasteiger partial charge is 0.493 e. The van der Waals surface area contributed by atoms with Crippen LogP contribution in [0.5, 0.6) is 11.5 Å². The molecule has 6 heteroatoms. The minimum absolute atomic E-state index is 0.0407. The fourth-order valence-corrected chi connectivity index (χ4v) is 3.47. The average Bonchev–Trinajstić information content (AvgIpc) is 2.69. The van der Waals surface area contributed by atoms with E-state index in [1.54, 1.807) is 14.2 Å². The lowest BCUT2D eigenvalue weighted by molar-refractivity contribution is -0.117.